The molecule has 0 radical (unpaired) electrons. The van der Waals surface area contributed by atoms with Gasteiger partial charge in [0, 0.05) is 0 Å². The van der Waals surface area contributed by atoms with Crippen LogP contribution in [-0.2, 0) is 0 Å². The molecule has 0 aromatic rings. The normalized spacial score (nSPS) is 45.0. The quantitative estimate of drug-likeness (QED) is 0.545. The van der Waals surface area contributed by atoms with Crippen LogP contribution in [0, 0.1) is 5.92 Å². The number of piperidine rings is 1. The van der Waals surface area contributed by atoms with Crippen LogP contribution in [0.2, 0.25) is 0 Å². The molecule has 2 fully saturated rings. The maximum absolute atomic E-state index is 3.61. The Bertz CT molecular complexity index is 138. The predicted octanol–water partition coefficient (Wildman–Crippen LogP) is 1.09. The van der Waals surface area contributed by atoms with Crippen molar-refractivity contribution in [2.45, 2.75) is 38.3 Å². The summed E-state index contributed by atoms with van der Waals surface area (Å²) >= 11 is 0. The Morgan fingerprint density at radius 1 is 1.27 bits per heavy atom. The van der Waals surface area contributed by atoms with E-state index in [2.05, 4.69) is 17.6 Å². The molecule has 64 valence electrons. The summed E-state index contributed by atoms with van der Waals surface area (Å²) in [6, 6.07) is 0. The first kappa shape index (κ1) is 7.56. The molecule has 2 nitrogen and oxygen atoms in total. The zero-order valence-electron chi connectivity index (χ0n) is 7.32. The average Bonchev–Trinajstić information content (AvgIpc) is 2.37. The van der Waals surface area contributed by atoms with Crippen molar-refractivity contribution in [1.82, 2.24) is 10.6 Å². The van der Waals surface area contributed by atoms with Crippen molar-refractivity contribution in [3.8, 4) is 0 Å². The van der Waals surface area contributed by atoms with Gasteiger partial charge in [0.05, 0.1) is 5.66 Å². The average molecular weight is 154 g/mol. The van der Waals surface area contributed by atoms with Crippen LogP contribution in [0.15, 0.2) is 0 Å². The van der Waals surface area contributed by atoms with Crippen LogP contribution < -0.4 is 10.6 Å². The fourth-order valence-corrected chi connectivity index (χ4v) is 2.46. The lowest BCUT2D eigenvalue weighted by Gasteiger charge is -2.38. The van der Waals surface area contributed by atoms with E-state index < -0.39 is 0 Å². The second-order valence-corrected chi connectivity index (χ2v) is 4.14. The van der Waals surface area contributed by atoms with Crippen LogP contribution in [0.25, 0.3) is 0 Å². The molecule has 0 amide bonds. The summed E-state index contributed by atoms with van der Waals surface area (Å²) in [5.74, 6) is 0.904. The number of hydrogen-bond acceptors (Lipinski definition) is 2. The summed E-state index contributed by atoms with van der Waals surface area (Å²) in [5.41, 5.74) is 0.345. The summed E-state index contributed by atoms with van der Waals surface area (Å²) in [6.07, 6.45) is 5.35. The van der Waals surface area contributed by atoms with Gasteiger partial charge >= 0.3 is 0 Å². The first-order chi connectivity index (χ1) is 5.31. The predicted molar refractivity (Wildman–Crippen MR) is 46.4 cm³/mol. The van der Waals surface area contributed by atoms with E-state index in [-0.39, 0.29) is 0 Å². The highest BCUT2D eigenvalue weighted by Gasteiger charge is 2.36. The second-order valence-electron chi connectivity index (χ2n) is 4.14. The summed E-state index contributed by atoms with van der Waals surface area (Å²) < 4.78 is 0. The molecule has 2 aliphatic rings. The third kappa shape index (κ3) is 1.42. The maximum atomic E-state index is 3.61. The Hall–Kier alpha value is -0.0800. The topological polar surface area (TPSA) is 24.1 Å². The van der Waals surface area contributed by atoms with E-state index >= 15 is 0 Å². The highest BCUT2D eigenvalue weighted by molar-refractivity contribution is 4.94. The Balaban J connectivity index is 2.00. The minimum Gasteiger partial charge on any atom is -0.299 e. The second kappa shape index (κ2) is 2.76. The van der Waals surface area contributed by atoms with E-state index in [0.717, 1.165) is 5.92 Å². The van der Waals surface area contributed by atoms with Gasteiger partial charge in [-0.25, -0.2) is 0 Å². The molecule has 0 aliphatic carbocycles. The SMILES string of the molecule is CC1CCNC2(CCCN2)C1. The molecule has 2 saturated heterocycles. The molecular formula is C9H18N2. The summed E-state index contributed by atoms with van der Waals surface area (Å²) in [4.78, 5) is 0. The molecule has 2 heteroatoms. The van der Waals surface area contributed by atoms with Crippen molar-refractivity contribution < 1.29 is 0 Å². The van der Waals surface area contributed by atoms with E-state index in [0.29, 0.717) is 5.66 Å². The molecule has 2 N–H and O–H groups in total. The van der Waals surface area contributed by atoms with Gasteiger partial charge in [-0.2, -0.15) is 0 Å². The van der Waals surface area contributed by atoms with Crippen molar-refractivity contribution in [2.75, 3.05) is 13.1 Å². The smallest absolute Gasteiger partial charge is 0.0690 e. The molecule has 0 saturated carbocycles. The fourth-order valence-electron chi connectivity index (χ4n) is 2.46. The molecular weight excluding hydrogens is 136 g/mol. The van der Waals surface area contributed by atoms with Gasteiger partial charge in [0.25, 0.3) is 0 Å². The molecule has 11 heavy (non-hydrogen) atoms. The zero-order chi connectivity index (χ0) is 7.73. The maximum Gasteiger partial charge on any atom is 0.0690 e. The summed E-state index contributed by atoms with van der Waals surface area (Å²) in [6.45, 7) is 4.77. The Morgan fingerprint density at radius 3 is 2.73 bits per heavy atom. The highest BCUT2D eigenvalue weighted by atomic mass is 15.2. The molecule has 0 aromatic carbocycles. The third-order valence-electron chi connectivity index (χ3n) is 3.04. The van der Waals surface area contributed by atoms with Gasteiger partial charge in [0.2, 0.25) is 0 Å². The Kier molecular flexibility index (Phi) is 1.90. The standard InChI is InChI=1S/C9H18N2/c1-8-3-6-11-9(7-8)4-2-5-10-9/h8,10-11H,2-7H2,1H3. The molecule has 2 rings (SSSR count). The largest absolute Gasteiger partial charge is 0.299 e. The van der Waals surface area contributed by atoms with Gasteiger partial charge in [-0.1, -0.05) is 6.92 Å². The van der Waals surface area contributed by atoms with Crippen molar-refractivity contribution in [1.29, 1.82) is 0 Å². The van der Waals surface area contributed by atoms with E-state index in [9.17, 15) is 0 Å². The van der Waals surface area contributed by atoms with Crippen molar-refractivity contribution in [3.63, 3.8) is 0 Å². The van der Waals surface area contributed by atoms with Gasteiger partial charge in [0.1, 0.15) is 0 Å². The number of hydrogen-bond donors (Lipinski definition) is 2. The van der Waals surface area contributed by atoms with Crippen LogP contribution in [0.4, 0.5) is 0 Å². The van der Waals surface area contributed by atoms with Crippen LogP contribution in [0.5, 0.6) is 0 Å². The minimum atomic E-state index is 0.345. The monoisotopic (exact) mass is 154 g/mol. The van der Waals surface area contributed by atoms with Gasteiger partial charge < -0.3 is 0 Å². The summed E-state index contributed by atoms with van der Waals surface area (Å²) in [7, 11) is 0. The van der Waals surface area contributed by atoms with E-state index in [1.807, 2.05) is 0 Å². The van der Waals surface area contributed by atoms with Crippen LogP contribution >= 0.6 is 0 Å². The van der Waals surface area contributed by atoms with Gasteiger partial charge in [0.15, 0.2) is 0 Å². The first-order valence-electron chi connectivity index (χ1n) is 4.81. The number of nitrogens with one attached hydrogen (secondary N) is 2. The van der Waals surface area contributed by atoms with Crippen LogP contribution in [0.1, 0.15) is 32.6 Å². The Morgan fingerprint density at radius 2 is 2.09 bits per heavy atom. The third-order valence-corrected chi connectivity index (χ3v) is 3.04. The molecule has 2 heterocycles. The number of rotatable bonds is 0. The Labute approximate surface area is 68.7 Å². The molecule has 2 atom stereocenters. The fraction of sp³-hybridized carbons (Fsp3) is 1.00. The van der Waals surface area contributed by atoms with E-state index in [1.165, 1.54) is 38.8 Å². The van der Waals surface area contributed by atoms with Gasteiger partial charge in [-0.05, 0) is 44.7 Å². The minimum absolute atomic E-state index is 0.345. The lowest BCUT2D eigenvalue weighted by molar-refractivity contribution is 0.185. The molecule has 0 bridgehead atoms. The van der Waals surface area contributed by atoms with Gasteiger partial charge in [-0.3, -0.25) is 10.6 Å². The molecule has 2 unspecified atom stereocenters. The van der Waals surface area contributed by atoms with E-state index in [1.54, 1.807) is 0 Å². The molecule has 1 spiro atoms. The van der Waals surface area contributed by atoms with E-state index in [4.69, 9.17) is 0 Å². The zero-order valence-corrected chi connectivity index (χ0v) is 7.32. The van der Waals surface area contributed by atoms with Crippen molar-refractivity contribution >= 4 is 0 Å². The summed E-state index contributed by atoms with van der Waals surface area (Å²) in [5, 5.41) is 7.20. The van der Waals surface area contributed by atoms with Crippen LogP contribution in [0.3, 0.4) is 0 Å². The first-order valence-corrected chi connectivity index (χ1v) is 4.81. The van der Waals surface area contributed by atoms with Gasteiger partial charge in [-0.15, -0.1) is 0 Å². The highest BCUT2D eigenvalue weighted by Crippen LogP contribution is 2.28. The lowest BCUT2D eigenvalue weighted by atomic mass is 9.88. The van der Waals surface area contributed by atoms with Crippen molar-refractivity contribution in [2.24, 2.45) is 5.92 Å². The molecule has 2 aliphatic heterocycles. The van der Waals surface area contributed by atoms with Crippen LogP contribution in [-0.4, -0.2) is 18.8 Å². The molecule has 0 aromatic heterocycles. The lowest BCUT2D eigenvalue weighted by Crippen LogP contribution is -2.57. The van der Waals surface area contributed by atoms with Crippen molar-refractivity contribution in [3.05, 3.63) is 0 Å².